The lowest BCUT2D eigenvalue weighted by molar-refractivity contribution is 0.0753. The van der Waals surface area contributed by atoms with E-state index in [9.17, 15) is 9.18 Å². The van der Waals surface area contributed by atoms with Gasteiger partial charge in [-0.05, 0) is 42.9 Å². The van der Waals surface area contributed by atoms with Crippen molar-refractivity contribution in [2.45, 2.75) is 33.1 Å². The minimum atomic E-state index is -0.497. The number of nitrogens with two attached hydrogens (primary N) is 1. The molecule has 104 valence electrons. The van der Waals surface area contributed by atoms with Crippen LogP contribution in [0.3, 0.4) is 0 Å². The zero-order chi connectivity index (χ0) is 14.0. The standard InChI is InChI=1S/C15H21FN2O/c1-15(2)6-3-8-18(9-7-15)14(19)12-10-11(17)4-5-13(12)16/h4-5,10H,3,6-9,17H2,1-2H3. The monoisotopic (exact) mass is 264 g/mol. The molecule has 1 amide bonds. The van der Waals surface area contributed by atoms with Crippen LogP contribution < -0.4 is 5.73 Å². The summed E-state index contributed by atoms with van der Waals surface area (Å²) in [5, 5.41) is 0. The molecule has 1 heterocycles. The van der Waals surface area contributed by atoms with Gasteiger partial charge < -0.3 is 10.6 Å². The number of carbonyl (C=O) groups excluding carboxylic acids is 1. The summed E-state index contributed by atoms with van der Waals surface area (Å²) in [5.74, 6) is -0.745. The van der Waals surface area contributed by atoms with Crippen LogP contribution in [0.15, 0.2) is 18.2 Å². The van der Waals surface area contributed by atoms with Crippen LogP contribution in [0.5, 0.6) is 0 Å². The summed E-state index contributed by atoms with van der Waals surface area (Å²) in [4.78, 5) is 14.1. The highest BCUT2D eigenvalue weighted by molar-refractivity contribution is 5.95. The summed E-state index contributed by atoms with van der Waals surface area (Å²) in [6, 6.07) is 4.15. The molecule has 1 aliphatic rings. The van der Waals surface area contributed by atoms with Crippen molar-refractivity contribution in [3.05, 3.63) is 29.6 Å². The second-order valence-electron chi connectivity index (χ2n) is 6.05. The van der Waals surface area contributed by atoms with Crippen molar-refractivity contribution in [2.24, 2.45) is 5.41 Å². The predicted molar refractivity (Wildman–Crippen MR) is 74.3 cm³/mol. The Morgan fingerprint density at radius 2 is 2.05 bits per heavy atom. The normalized spacial score (nSPS) is 19.0. The first-order valence-corrected chi connectivity index (χ1v) is 6.73. The van der Waals surface area contributed by atoms with Crippen molar-refractivity contribution in [2.75, 3.05) is 18.8 Å². The van der Waals surface area contributed by atoms with E-state index < -0.39 is 5.82 Å². The molecule has 0 aromatic heterocycles. The maximum Gasteiger partial charge on any atom is 0.256 e. The Kier molecular flexibility index (Phi) is 3.78. The summed E-state index contributed by atoms with van der Waals surface area (Å²) in [7, 11) is 0. The number of carbonyl (C=O) groups is 1. The Labute approximate surface area is 113 Å². The fraction of sp³-hybridized carbons (Fsp3) is 0.533. The van der Waals surface area contributed by atoms with Crippen molar-refractivity contribution in [1.82, 2.24) is 4.90 Å². The summed E-state index contributed by atoms with van der Waals surface area (Å²) < 4.78 is 13.7. The first kappa shape index (κ1) is 13.8. The van der Waals surface area contributed by atoms with Crippen molar-refractivity contribution in [3.63, 3.8) is 0 Å². The van der Waals surface area contributed by atoms with Crippen LogP contribution in [-0.2, 0) is 0 Å². The number of halogens is 1. The van der Waals surface area contributed by atoms with Gasteiger partial charge in [-0.2, -0.15) is 0 Å². The fourth-order valence-corrected chi connectivity index (χ4v) is 2.50. The minimum Gasteiger partial charge on any atom is -0.399 e. The predicted octanol–water partition coefficient (Wildman–Crippen LogP) is 3.06. The zero-order valence-electron chi connectivity index (χ0n) is 11.6. The molecular weight excluding hydrogens is 243 g/mol. The highest BCUT2D eigenvalue weighted by atomic mass is 19.1. The number of hydrogen-bond acceptors (Lipinski definition) is 2. The molecule has 0 aliphatic carbocycles. The summed E-state index contributed by atoms with van der Waals surface area (Å²) >= 11 is 0. The largest absolute Gasteiger partial charge is 0.399 e. The number of hydrogen-bond donors (Lipinski definition) is 1. The molecule has 0 spiro atoms. The van der Waals surface area contributed by atoms with Gasteiger partial charge in [-0.1, -0.05) is 13.8 Å². The van der Waals surface area contributed by atoms with Gasteiger partial charge >= 0.3 is 0 Å². The van der Waals surface area contributed by atoms with E-state index in [1.165, 1.54) is 18.2 Å². The SMILES string of the molecule is CC1(C)CCCN(C(=O)c2cc(N)ccc2F)CC1. The number of amides is 1. The van der Waals surface area contributed by atoms with Gasteiger partial charge in [-0.3, -0.25) is 4.79 Å². The first-order valence-electron chi connectivity index (χ1n) is 6.73. The molecule has 1 aromatic carbocycles. The van der Waals surface area contributed by atoms with Crippen molar-refractivity contribution in [3.8, 4) is 0 Å². The molecule has 2 rings (SSSR count). The number of benzene rings is 1. The third-order valence-electron chi connectivity index (χ3n) is 3.85. The van der Waals surface area contributed by atoms with E-state index in [2.05, 4.69) is 13.8 Å². The quantitative estimate of drug-likeness (QED) is 0.792. The van der Waals surface area contributed by atoms with Crippen LogP contribution in [0.2, 0.25) is 0 Å². The molecule has 1 aliphatic heterocycles. The maximum atomic E-state index is 13.7. The molecule has 1 aromatic rings. The van der Waals surface area contributed by atoms with Crippen molar-refractivity contribution >= 4 is 11.6 Å². The average molecular weight is 264 g/mol. The maximum absolute atomic E-state index is 13.7. The molecule has 2 N–H and O–H groups in total. The molecule has 1 saturated heterocycles. The third-order valence-corrected chi connectivity index (χ3v) is 3.85. The lowest BCUT2D eigenvalue weighted by Gasteiger charge is -2.23. The molecule has 1 fully saturated rings. The van der Waals surface area contributed by atoms with Crippen LogP contribution in [0.25, 0.3) is 0 Å². The molecule has 4 heteroatoms. The van der Waals surface area contributed by atoms with Gasteiger partial charge in [0.1, 0.15) is 5.82 Å². The molecule has 0 saturated carbocycles. The Balaban J connectivity index is 2.17. The van der Waals surface area contributed by atoms with Crippen LogP contribution in [-0.4, -0.2) is 23.9 Å². The Bertz CT molecular complexity index is 485. The van der Waals surface area contributed by atoms with Gasteiger partial charge in [0, 0.05) is 18.8 Å². The molecule has 0 bridgehead atoms. The molecule has 0 atom stereocenters. The van der Waals surface area contributed by atoms with Gasteiger partial charge in [-0.25, -0.2) is 4.39 Å². The van der Waals surface area contributed by atoms with E-state index in [0.29, 0.717) is 18.8 Å². The van der Waals surface area contributed by atoms with Crippen LogP contribution in [0.1, 0.15) is 43.5 Å². The number of rotatable bonds is 1. The average Bonchev–Trinajstić information content (AvgIpc) is 2.52. The Hall–Kier alpha value is -1.58. The van der Waals surface area contributed by atoms with Crippen LogP contribution in [0.4, 0.5) is 10.1 Å². The second kappa shape index (κ2) is 5.19. The Morgan fingerprint density at radius 3 is 2.79 bits per heavy atom. The van der Waals surface area contributed by atoms with Gasteiger partial charge in [0.25, 0.3) is 5.91 Å². The molecule has 0 radical (unpaired) electrons. The second-order valence-corrected chi connectivity index (χ2v) is 6.05. The van der Waals surface area contributed by atoms with Gasteiger partial charge in [-0.15, -0.1) is 0 Å². The fourth-order valence-electron chi connectivity index (χ4n) is 2.50. The van der Waals surface area contributed by atoms with Gasteiger partial charge in [0.15, 0.2) is 0 Å². The van der Waals surface area contributed by atoms with Crippen molar-refractivity contribution in [1.29, 1.82) is 0 Å². The summed E-state index contributed by atoms with van der Waals surface area (Å²) in [6.45, 7) is 5.79. The number of anilines is 1. The van der Waals surface area contributed by atoms with Crippen molar-refractivity contribution < 1.29 is 9.18 Å². The van der Waals surface area contributed by atoms with E-state index in [4.69, 9.17) is 5.73 Å². The highest BCUT2D eigenvalue weighted by Crippen LogP contribution is 2.30. The topological polar surface area (TPSA) is 46.3 Å². The zero-order valence-corrected chi connectivity index (χ0v) is 11.6. The van der Waals surface area contributed by atoms with Gasteiger partial charge in [0.2, 0.25) is 0 Å². The summed E-state index contributed by atoms with van der Waals surface area (Å²) in [6.07, 6.45) is 3.00. The molecule has 19 heavy (non-hydrogen) atoms. The smallest absolute Gasteiger partial charge is 0.256 e. The van der Waals surface area contributed by atoms with Crippen LogP contribution in [0, 0.1) is 11.2 Å². The Morgan fingerprint density at radius 1 is 1.32 bits per heavy atom. The van der Waals surface area contributed by atoms with Gasteiger partial charge in [0.05, 0.1) is 5.56 Å². The van der Waals surface area contributed by atoms with E-state index in [-0.39, 0.29) is 16.9 Å². The number of likely N-dealkylation sites (tertiary alicyclic amines) is 1. The number of nitrogens with zero attached hydrogens (tertiary/aromatic N) is 1. The lowest BCUT2D eigenvalue weighted by Crippen LogP contribution is -2.33. The minimum absolute atomic E-state index is 0.0831. The summed E-state index contributed by atoms with van der Waals surface area (Å²) in [5.41, 5.74) is 6.38. The van der Waals surface area contributed by atoms with E-state index in [0.717, 1.165) is 19.3 Å². The number of nitrogen functional groups attached to an aromatic ring is 1. The molecule has 0 unspecified atom stereocenters. The molecular formula is C15H21FN2O. The van der Waals surface area contributed by atoms with Crippen LogP contribution >= 0.6 is 0 Å². The lowest BCUT2D eigenvalue weighted by atomic mass is 9.85. The third kappa shape index (κ3) is 3.25. The molecule has 3 nitrogen and oxygen atoms in total. The highest BCUT2D eigenvalue weighted by Gasteiger charge is 2.27. The van der Waals surface area contributed by atoms with E-state index in [1.54, 1.807) is 4.90 Å². The van der Waals surface area contributed by atoms with E-state index >= 15 is 0 Å². The first-order chi connectivity index (χ1) is 8.89. The van der Waals surface area contributed by atoms with E-state index in [1.807, 2.05) is 0 Å².